The van der Waals surface area contributed by atoms with Gasteiger partial charge in [-0.05, 0) is 34.1 Å². The zero-order valence-corrected chi connectivity index (χ0v) is 15.1. The molecule has 1 rings (SSSR count). The molecule has 130 valence electrons. The van der Waals surface area contributed by atoms with Crippen LogP contribution in [-0.2, 0) is 9.47 Å². The number of nitrogens with zero attached hydrogens (tertiary/aromatic N) is 2. The molecule has 0 spiro atoms. The first-order valence-electron chi connectivity index (χ1n) is 8.23. The van der Waals surface area contributed by atoms with Crippen LogP contribution in [0.15, 0.2) is 4.99 Å². The molecule has 22 heavy (non-hydrogen) atoms. The maximum atomic E-state index is 5.82. The van der Waals surface area contributed by atoms with E-state index >= 15 is 0 Å². The largest absolute Gasteiger partial charge is 0.385 e. The molecule has 6 nitrogen and oxygen atoms in total. The highest BCUT2D eigenvalue weighted by atomic mass is 16.5. The molecule has 0 aromatic carbocycles. The predicted molar refractivity (Wildman–Crippen MR) is 91.5 cm³/mol. The summed E-state index contributed by atoms with van der Waals surface area (Å²) in [5.74, 6) is 0.846. The van der Waals surface area contributed by atoms with Crippen LogP contribution in [0.4, 0.5) is 0 Å². The summed E-state index contributed by atoms with van der Waals surface area (Å²) in [5.41, 5.74) is 0.0520. The van der Waals surface area contributed by atoms with Gasteiger partial charge < -0.3 is 20.1 Å². The molecule has 2 atom stereocenters. The van der Waals surface area contributed by atoms with Crippen molar-refractivity contribution in [3.63, 3.8) is 0 Å². The van der Waals surface area contributed by atoms with Gasteiger partial charge in [0.1, 0.15) is 0 Å². The first-order valence-corrected chi connectivity index (χ1v) is 8.23. The van der Waals surface area contributed by atoms with Crippen molar-refractivity contribution in [1.82, 2.24) is 15.5 Å². The van der Waals surface area contributed by atoms with Crippen LogP contribution >= 0.6 is 0 Å². The second-order valence-corrected chi connectivity index (χ2v) is 6.67. The Morgan fingerprint density at radius 3 is 2.45 bits per heavy atom. The SMILES string of the molecule is CN=C(NCCCOC)NCC(C)(C)N1CC(C)OC(C)C1. The molecule has 0 aromatic heterocycles. The molecule has 1 aliphatic heterocycles. The Kier molecular flexibility index (Phi) is 8.14. The fourth-order valence-electron chi connectivity index (χ4n) is 2.73. The van der Waals surface area contributed by atoms with E-state index in [-0.39, 0.29) is 17.7 Å². The van der Waals surface area contributed by atoms with Crippen LogP contribution in [0.3, 0.4) is 0 Å². The molecule has 0 bridgehead atoms. The average molecular weight is 314 g/mol. The molecule has 2 N–H and O–H groups in total. The molecule has 0 saturated carbocycles. The van der Waals surface area contributed by atoms with Crippen LogP contribution in [0.2, 0.25) is 0 Å². The third-order valence-electron chi connectivity index (χ3n) is 4.01. The Bertz CT molecular complexity index is 337. The van der Waals surface area contributed by atoms with Crippen molar-refractivity contribution in [3.8, 4) is 0 Å². The second kappa shape index (κ2) is 9.33. The number of aliphatic imine (C=N–C) groups is 1. The lowest BCUT2D eigenvalue weighted by Crippen LogP contribution is -2.59. The van der Waals surface area contributed by atoms with E-state index < -0.39 is 0 Å². The Morgan fingerprint density at radius 1 is 1.27 bits per heavy atom. The van der Waals surface area contributed by atoms with Gasteiger partial charge in [-0.25, -0.2) is 0 Å². The summed E-state index contributed by atoms with van der Waals surface area (Å²) in [6.07, 6.45) is 1.54. The third-order valence-corrected chi connectivity index (χ3v) is 4.01. The Balaban J connectivity index is 2.42. The lowest BCUT2D eigenvalue weighted by Gasteiger charge is -2.45. The number of hydrogen-bond donors (Lipinski definition) is 2. The van der Waals surface area contributed by atoms with Crippen molar-refractivity contribution >= 4 is 5.96 Å². The number of rotatable bonds is 7. The van der Waals surface area contributed by atoms with Crippen LogP contribution in [0.5, 0.6) is 0 Å². The molecule has 0 radical (unpaired) electrons. The minimum atomic E-state index is 0.0520. The summed E-state index contributed by atoms with van der Waals surface area (Å²) in [5, 5.41) is 6.74. The number of guanidine groups is 1. The molecule has 1 fully saturated rings. The maximum Gasteiger partial charge on any atom is 0.191 e. The van der Waals surface area contributed by atoms with Gasteiger partial charge >= 0.3 is 0 Å². The fourth-order valence-corrected chi connectivity index (χ4v) is 2.73. The highest BCUT2D eigenvalue weighted by molar-refractivity contribution is 5.79. The lowest BCUT2D eigenvalue weighted by molar-refractivity contribution is -0.0946. The molecule has 0 aromatic rings. The smallest absolute Gasteiger partial charge is 0.191 e. The van der Waals surface area contributed by atoms with Crippen LogP contribution in [-0.4, -0.2) is 75.5 Å². The van der Waals surface area contributed by atoms with Gasteiger partial charge in [0.05, 0.1) is 12.2 Å². The number of morpholine rings is 1. The monoisotopic (exact) mass is 314 g/mol. The number of nitrogens with one attached hydrogen (secondary N) is 2. The van der Waals surface area contributed by atoms with Gasteiger partial charge in [-0.15, -0.1) is 0 Å². The van der Waals surface area contributed by atoms with Gasteiger partial charge in [-0.2, -0.15) is 0 Å². The van der Waals surface area contributed by atoms with E-state index in [0.29, 0.717) is 0 Å². The van der Waals surface area contributed by atoms with Crippen molar-refractivity contribution in [2.75, 3.05) is 46.9 Å². The Hall–Kier alpha value is -0.850. The van der Waals surface area contributed by atoms with Crippen molar-refractivity contribution in [1.29, 1.82) is 0 Å². The molecular formula is C16H34N4O2. The van der Waals surface area contributed by atoms with Gasteiger partial charge in [-0.3, -0.25) is 9.89 Å². The fraction of sp³-hybridized carbons (Fsp3) is 0.938. The second-order valence-electron chi connectivity index (χ2n) is 6.67. The van der Waals surface area contributed by atoms with E-state index in [2.05, 4.69) is 48.2 Å². The van der Waals surface area contributed by atoms with E-state index in [1.807, 2.05) is 0 Å². The van der Waals surface area contributed by atoms with Crippen LogP contribution < -0.4 is 10.6 Å². The van der Waals surface area contributed by atoms with Crippen molar-refractivity contribution in [2.45, 2.75) is 51.9 Å². The van der Waals surface area contributed by atoms with Crippen molar-refractivity contribution < 1.29 is 9.47 Å². The van der Waals surface area contributed by atoms with Gasteiger partial charge in [0.25, 0.3) is 0 Å². The summed E-state index contributed by atoms with van der Waals surface area (Å²) >= 11 is 0. The summed E-state index contributed by atoms with van der Waals surface area (Å²) < 4.78 is 10.9. The van der Waals surface area contributed by atoms with Crippen molar-refractivity contribution in [3.05, 3.63) is 0 Å². The van der Waals surface area contributed by atoms with E-state index in [9.17, 15) is 0 Å². The summed E-state index contributed by atoms with van der Waals surface area (Å²) in [6, 6.07) is 0. The van der Waals surface area contributed by atoms with Gasteiger partial charge in [0.2, 0.25) is 0 Å². The first-order chi connectivity index (χ1) is 10.4. The Labute approximate surface area is 135 Å². The van der Waals surface area contributed by atoms with E-state index in [1.54, 1.807) is 14.2 Å². The molecule has 0 aliphatic carbocycles. The summed E-state index contributed by atoms with van der Waals surface area (Å²) in [6.45, 7) is 13.2. The minimum Gasteiger partial charge on any atom is -0.385 e. The zero-order valence-electron chi connectivity index (χ0n) is 15.1. The van der Waals surface area contributed by atoms with E-state index in [0.717, 1.165) is 45.2 Å². The van der Waals surface area contributed by atoms with Gasteiger partial charge in [-0.1, -0.05) is 0 Å². The van der Waals surface area contributed by atoms with E-state index in [4.69, 9.17) is 9.47 Å². The standard InChI is InChI=1S/C16H34N4O2/c1-13-10-20(11-14(2)22-13)16(3,4)12-19-15(17-5)18-8-7-9-21-6/h13-14H,7-12H2,1-6H3,(H2,17,18,19). The molecule has 0 amide bonds. The van der Waals surface area contributed by atoms with Crippen molar-refractivity contribution in [2.24, 2.45) is 4.99 Å². The van der Waals surface area contributed by atoms with Gasteiger partial charge in [0.15, 0.2) is 5.96 Å². The molecule has 1 saturated heterocycles. The molecule has 1 heterocycles. The average Bonchev–Trinajstić information content (AvgIpc) is 2.45. The topological polar surface area (TPSA) is 58.1 Å². The predicted octanol–water partition coefficient (Wildman–Crippen LogP) is 1.08. The number of hydrogen-bond acceptors (Lipinski definition) is 4. The van der Waals surface area contributed by atoms with Crippen LogP contribution in [0, 0.1) is 0 Å². The first kappa shape index (κ1) is 19.2. The highest BCUT2D eigenvalue weighted by Crippen LogP contribution is 2.20. The normalized spacial score (nSPS) is 24.4. The molecule has 6 heteroatoms. The minimum absolute atomic E-state index is 0.0520. The summed E-state index contributed by atoms with van der Waals surface area (Å²) in [4.78, 5) is 6.77. The Morgan fingerprint density at radius 2 is 1.91 bits per heavy atom. The molecule has 1 aliphatic rings. The zero-order chi connectivity index (χ0) is 16.6. The summed E-state index contributed by atoms with van der Waals surface area (Å²) in [7, 11) is 3.53. The van der Waals surface area contributed by atoms with E-state index in [1.165, 1.54) is 0 Å². The quantitative estimate of drug-likeness (QED) is 0.418. The lowest BCUT2D eigenvalue weighted by atomic mass is 10.00. The van der Waals surface area contributed by atoms with Crippen LogP contribution in [0.1, 0.15) is 34.1 Å². The van der Waals surface area contributed by atoms with Crippen LogP contribution in [0.25, 0.3) is 0 Å². The number of ether oxygens (including phenoxy) is 2. The molecular weight excluding hydrogens is 280 g/mol. The van der Waals surface area contributed by atoms with Gasteiger partial charge in [0, 0.05) is 52.5 Å². The maximum absolute atomic E-state index is 5.82. The number of methoxy groups -OCH3 is 1. The highest BCUT2D eigenvalue weighted by Gasteiger charge is 2.33. The molecule has 2 unspecified atom stereocenters. The third kappa shape index (κ3) is 6.50.